The Hall–Kier alpha value is -2.29. The van der Waals surface area contributed by atoms with Crippen LogP contribution in [0.5, 0.6) is 0 Å². The van der Waals surface area contributed by atoms with E-state index in [0.29, 0.717) is 5.62 Å². The molecule has 1 heterocycles. The first-order chi connectivity index (χ1) is 13.7. The van der Waals surface area contributed by atoms with Gasteiger partial charge in [-0.2, -0.15) is 0 Å². The monoisotopic (exact) mass is 377 g/mol. The zero-order valence-electron chi connectivity index (χ0n) is 17.6. The zero-order valence-corrected chi connectivity index (χ0v) is 17.6. The van der Waals surface area contributed by atoms with Gasteiger partial charge in [0.25, 0.3) is 0 Å². The Kier molecular flexibility index (Phi) is 7.53. The third-order valence-corrected chi connectivity index (χ3v) is 5.60. The number of fused-ring (bicyclic) bond motifs is 1. The van der Waals surface area contributed by atoms with Crippen LogP contribution in [-0.4, -0.2) is 9.13 Å². The average Bonchev–Trinajstić information content (AvgIpc) is 2.98. The van der Waals surface area contributed by atoms with Crippen molar-refractivity contribution in [3.8, 4) is 0 Å². The van der Waals surface area contributed by atoms with E-state index in [9.17, 15) is 0 Å². The molecule has 150 valence electrons. The van der Waals surface area contributed by atoms with Gasteiger partial charge < -0.3 is 9.13 Å². The number of aryl methyl sites for hydroxylation is 2. The summed E-state index contributed by atoms with van der Waals surface area (Å²) in [6, 6.07) is 17.4. The molecule has 0 amide bonds. The van der Waals surface area contributed by atoms with Crippen LogP contribution < -0.4 is 5.62 Å². The molecule has 1 aromatic heterocycles. The predicted molar refractivity (Wildman–Crippen MR) is 119 cm³/mol. The van der Waals surface area contributed by atoms with Crippen molar-refractivity contribution >= 4 is 11.0 Å². The van der Waals surface area contributed by atoms with E-state index in [1.807, 2.05) is 0 Å². The minimum atomic E-state index is 0.596. The fourth-order valence-corrected chi connectivity index (χ4v) is 4.01. The summed E-state index contributed by atoms with van der Waals surface area (Å²) >= 11 is 0. The second-order valence-electron chi connectivity index (χ2n) is 7.88. The van der Waals surface area contributed by atoms with E-state index < -0.39 is 0 Å². The number of imidazole rings is 1. The van der Waals surface area contributed by atoms with Crippen LogP contribution >= 0.6 is 0 Å². The zero-order chi connectivity index (χ0) is 19.8. The van der Waals surface area contributed by atoms with Crippen molar-refractivity contribution in [2.75, 3.05) is 0 Å². The topological polar surface area (TPSA) is 33.7 Å². The van der Waals surface area contributed by atoms with E-state index in [1.54, 1.807) is 0 Å². The third kappa shape index (κ3) is 4.95. The number of hydrogen-bond acceptors (Lipinski definition) is 1. The summed E-state index contributed by atoms with van der Waals surface area (Å²) in [5.74, 6) is 0. The molecule has 0 unspecified atom stereocenters. The van der Waals surface area contributed by atoms with Crippen LogP contribution in [0.3, 0.4) is 0 Å². The lowest BCUT2D eigenvalue weighted by molar-refractivity contribution is 0.607. The molecule has 0 atom stereocenters. The molecular formula is C25H35N3. The van der Waals surface area contributed by atoms with Crippen LogP contribution in [0.25, 0.3) is 11.0 Å². The Morgan fingerprint density at radius 2 is 1.29 bits per heavy atom. The number of unbranched alkanes of at least 4 members (excludes halogenated alkanes) is 5. The fourth-order valence-electron chi connectivity index (χ4n) is 4.01. The smallest absolute Gasteiger partial charge is 0.203 e. The Morgan fingerprint density at radius 3 is 1.96 bits per heavy atom. The van der Waals surface area contributed by atoms with Gasteiger partial charge in [-0.05, 0) is 42.5 Å². The number of nitrogens with zero attached hydrogens (tertiary/aromatic N) is 2. The Balaban J connectivity index is 1.66. The molecule has 0 aliphatic carbocycles. The molecule has 1 N–H and O–H groups in total. The van der Waals surface area contributed by atoms with Crippen LogP contribution in [0.2, 0.25) is 0 Å². The molecule has 3 rings (SSSR count). The normalized spacial score (nSPS) is 11.4. The van der Waals surface area contributed by atoms with Crippen LogP contribution in [0.4, 0.5) is 0 Å². The first-order valence-electron chi connectivity index (χ1n) is 11.0. The lowest BCUT2D eigenvalue weighted by Crippen LogP contribution is -2.25. The van der Waals surface area contributed by atoms with E-state index in [2.05, 4.69) is 71.5 Å². The highest BCUT2D eigenvalue weighted by Gasteiger charge is 2.10. The van der Waals surface area contributed by atoms with Crippen LogP contribution in [0.15, 0.2) is 48.5 Å². The Labute approximate surface area is 169 Å². The Morgan fingerprint density at radius 1 is 0.679 bits per heavy atom. The van der Waals surface area contributed by atoms with Crippen LogP contribution in [-0.2, 0) is 19.5 Å². The molecule has 0 bridgehead atoms. The van der Waals surface area contributed by atoms with E-state index in [-0.39, 0.29) is 0 Å². The summed E-state index contributed by atoms with van der Waals surface area (Å²) in [7, 11) is 0. The molecule has 0 aliphatic heterocycles. The second-order valence-corrected chi connectivity index (χ2v) is 7.88. The van der Waals surface area contributed by atoms with Gasteiger partial charge in [0, 0.05) is 6.54 Å². The minimum absolute atomic E-state index is 0.596. The maximum absolute atomic E-state index is 8.66. The van der Waals surface area contributed by atoms with Crippen molar-refractivity contribution in [2.24, 2.45) is 0 Å². The van der Waals surface area contributed by atoms with Crippen molar-refractivity contribution in [2.45, 2.75) is 78.3 Å². The largest absolute Gasteiger partial charge is 0.310 e. The molecule has 0 fully saturated rings. The second kappa shape index (κ2) is 10.3. The molecule has 3 aromatic rings. The predicted octanol–water partition coefficient (Wildman–Crippen LogP) is 6.28. The maximum atomic E-state index is 8.66. The highest BCUT2D eigenvalue weighted by Crippen LogP contribution is 2.16. The van der Waals surface area contributed by atoms with Gasteiger partial charge in [-0.3, -0.25) is 5.41 Å². The number of aromatic nitrogens is 2. The van der Waals surface area contributed by atoms with E-state index in [0.717, 1.165) is 30.5 Å². The molecule has 0 spiro atoms. The number of para-hydroxylation sites is 2. The van der Waals surface area contributed by atoms with Gasteiger partial charge in [-0.15, -0.1) is 0 Å². The first kappa shape index (κ1) is 20.4. The van der Waals surface area contributed by atoms with Gasteiger partial charge in [0.2, 0.25) is 5.62 Å². The van der Waals surface area contributed by atoms with Gasteiger partial charge in [-0.25, -0.2) is 0 Å². The first-order valence-corrected chi connectivity index (χ1v) is 11.0. The molecule has 0 aliphatic rings. The summed E-state index contributed by atoms with van der Waals surface area (Å²) in [6.07, 6.45) is 10.3. The van der Waals surface area contributed by atoms with Gasteiger partial charge in [-0.1, -0.05) is 82.3 Å². The van der Waals surface area contributed by atoms with Crippen molar-refractivity contribution in [1.29, 1.82) is 5.41 Å². The quantitative estimate of drug-likeness (QED) is 0.381. The SMILES string of the molecule is CCCCCCCCc1ccc(Cn2c(=N)n(CCC)c3ccccc32)cc1. The summed E-state index contributed by atoms with van der Waals surface area (Å²) in [5.41, 5.74) is 5.61. The van der Waals surface area contributed by atoms with Crippen LogP contribution in [0.1, 0.15) is 69.9 Å². The van der Waals surface area contributed by atoms with Gasteiger partial charge in [0.15, 0.2) is 0 Å². The maximum Gasteiger partial charge on any atom is 0.203 e. The third-order valence-electron chi connectivity index (χ3n) is 5.60. The summed E-state index contributed by atoms with van der Waals surface area (Å²) in [5, 5.41) is 8.66. The van der Waals surface area contributed by atoms with E-state index in [1.165, 1.54) is 56.1 Å². The van der Waals surface area contributed by atoms with Crippen LogP contribution in [0, 0.1) is 5.41 Å². The molecular weight excluding hydrogens is 342 g/mol. The number of benzene rings is 2. The number of nitrogens with one attached hydrogen (secondary N) is 1. The summed E-state index contributed by atoms with van der Waals surface area (Å²) in [4.78, 5) is 0. The highest BCUT2D eigenvalue weighted by atomic mass is 15.2. The Bertz CT molecular complexity index is 915. The van der Waals surface area contributed by atoms with Crippen molar-refractivity contribution in [3.63, 3.8) is 0 Å². The molecule has 0 saturated heterocycles. The standard InChI is InChI=1S/C25H35N3/c1-3-5-6-7-8-9-12-21-15-17-22(18-16-21)20-28-24-14-11-10-13-23(24)27(19-4-2)25(28)26/h10-11,13-18,26H,3-9,12,19-20H2,1-2H3. The van der Waals surface area contributed by atoms with E-state index in [4.69, 9.17) is 5.41 Å². The summed E-state index contributed by atoms with van der Waals surface area (Å²) < 4.78 is 4.26. The molecule has 3 heteroatoms. The average molecular weight is 378 g/mol. The highest BCUT2D eigenvalue weighted by molar-refractivity contribution is 5.76. The lowest BCUT2D eigenvalue weighted by atomic mass is 10.0. The minimum Gasteiger partial charge on any atom is -0.310 e. The van der Waals surface area contributed by atoms with Crippen molar-refractivity contribution in [3.05, 3.63) is 65.3 Å². The van der Waals surface area contributed by atoms with Crippen molar-refractivity contribution < 1.29 is 0 Å². The van der Waals surface area contributed by atoms with Gasteiger partial charge in [0.1, 0.15) is 0 Å². The number of hydrogen-bond donors (Lipinski definition) is 1. The lowest BCUT2D eigenvalue weighted by Gasteiger charge is -2.07. The van der Waals surface area contributed by atoms with Gasteiger partial charge in [0.05, 0.1) is 17.6 Å². The van der Waals surface area contributed by atoms with E-state index >= 15 is 0 Å². The molecule has 0 saturated carbocycles. The fraction of sp³-hybridized carbons (Fsp3) is 0.480. The number of rotatable bonds is 11. The summed E-state index contributed by atoms with van der Waals surface area (Å²) in [6.45, 7) is 6.09. The molecule has 28 heavy (non-hydrogen) atoms. The molecule has 0 radical (unpaired) electrons. The molecule has 2 aromatic carbocycles. The van der Waals surface area contributed by atoms with Crippen molar-refractivity contribution in [1.82, 2.24) is 9.13 Å². The van der Waals surface area contributed by atoms with Gasteiger partial charge >= 0.3 is 0 Å². The molecule has 3 nitrogen and oxygen atoms in total.